The molecule has 1 aromatic heterocycles. The highest BCUT2D eigenvalue weighted by molar-refractivity contribution is 5.76. The van der Waals surface area contributed by atoms with Gasteiger partial charge in [0.1, 0.15) is 0 Å². The lowest BCUT2D eigenvalue weighted by molar-refractivity contribution is -0.122. The zero-order valence-electron chi connectivity index (χ0n) is 11.0. The van der Waals surface area contributed by atoms with Crippen molar-refractivity contribution in [3.8, 4) is 11.5 Å². The Labute approximate surface area is 116 Å². The Balaban J connectivity index is 1.57. The molecule has 0 aliphatic carbocycles. The second kappa shape index (κ2) is 5.83. The van der Waals surface area contributed by atoms with Crippen LogP contribution in [-0.4, -0.2) is 28.7 Å². The number of piperidine rings is 1. The van der Waals surface area contributed by atoms with E-state index in [0.29, 0.717) is 31.3 Å². The average molecular weight is 272 g/mol. The van der Waals surface area contributed by atoms with Crippen LogP contribution < -0.4 is 10.6 Å². The van der Waals surface area contributed by atoms with Crippen LogP contribution in [-0.2, 0) is 11.3 Å². The summed E-state index contributed by atoms with van der Waals surface area (Å²) in [4.78, 5) is 11.1. The van der Waals surface area contributed by atoms with Crippen molar-refractivity contribution in [1.82, 2.24) is 20.8 Å². The number of benzene rings is 1. The molecule has 1 atom stereocenters. The number of hydrogen-bond acceptors (Lipinski definition) is 5. The molecular weight excluding hydrogens is 256 g/mol. The Morgan fingerprint density at radius 1 is 1.30 bits per heavy atom. The summed E-state index contributed by atoms with van der Waals surface area (Å²) in [6.45, 7) is 1.17. The van der Waals surface area contributed by atoms with E-state index >= 15 is 0 Å². The van der Waals surface area contributed by atoms with Gasteiger partial charge in [0.05, 0.1) is 6.54 Å². The van der Waals surface area contributed by atoms with Gasteiger partial charge in [-0.15, -0.1) is 10.2 Å². The summed E-state index contributed by atoms with van der Waals surface area (Å²) < 4.78 is 5.61. The maximum absolute atomic E-state index is 11.1. The molecule has 3 rings (SSSR count). The quantitative estimate of drug-likeness (QED) is 0.871. The lowest BCUT2D eigenvalue weighted by atomic mass is 10.1. The molecule has 1 fully saturated rings. The number of hydrogen-bond donors (Lipinski definition) is 2. The largest absolute Gasteiger partial charge is 0.419 e. The third-order valence-corrected chi connectivity index (χ3v) is 3.30. The summed E-state index contributed by atoms with van der Waals surface area (Å²) in [5, 5.41) is 14.2. The van der Waals surface area contributed by atoms with Gasteiger partial charge in [-0.2, -0.15) is 0 Å². The van der Waals surface area contributed by atoms with E-state index in [1.165, 1.54) is 0 Å². The molecule has 0 bridgehead atoms. The Bertz CT molecular complexity index is 572. The van der Waals surface area contributed by atoms with Crippen LogP contribution in [0.25, 0.3) is 11.5 Å². The summed E-state index contributed by atoms with van der Waals surface area (Å²) in [6, 6.07) is 9.94. The summed E-state index contributed by atoms with van der Waals surface area (Å²) >= 11 is 0. The third-order valence-electron chi connectivity index (χ3n) is 3.30. The second-order valence-electron chi connectivity index (χ2n) is 4.79. The summed E-state index contributed by atoms with van der Waals surface area (Å²) in [7, 11) is 0. The molecule has 2 aromatic rings. The summed E-state index contributed by atoms with van der Waals surface area (Å²) in [6.07, 6.45) is 1.41. The molecule has 6 heteroatoms. The van der Waals surface area contributed by atoms with Crippen LogP contribution in [0.2, 0.25) is 0 Å². The molecule has 2 N–H and O–H groups in total. The van der Waals surface area contributed by atoms with Crippen LogP contribution in [0.1, 0.15) is 18.7 Å². The van der Waals surface area contributed by atoms with Crippen LogP contribution in [0, 0.1) is 0 Å². The van der Waals surface area contributed by atoms with E-state index in [-0.39, 0.29) is 11.9 Å². The maximum atomic E-state index is 11.1. The van der Waals surface area contributed by atoms with Crippen molar-refractivity contribution in [2.45, 2.75) is 25.4 Å². The number of rotatable bonds is 4. The SMILES string of the molecule is O=C1CCC(NCc2nnc(-c3ccccc3)o2)CN1. The van der Waals surface area contributed by atoms with E-state index < -0.39 is 0 Å². The minimum Gasteiger partial charge on any atom is -0.419 e. The van der Waals surface area contributed by atoms with Crippen molar-refractivity contribution in [3.05, 3.63) is 36.2 Å². The number of carbonyl (C=O) groups excluding carboxylic acids is 1. The lowest BCUT2D eigenvalue weighted by Crippen LogP contribution is -2.45. The fourth-order valence-electron chi connectivity index (χ4n) is 2.16. The fraction of sp³-hybridized carbons (Fsp3) is 0.357. The van der Waals surface area contributed by atoms with Gasteiger partial charge in [-0.25, -0.2) is 0 Å². The molecule has 1 aliphatic heterocycles. The molecular formula is C14H16N4O2. The first-order valence-corrected chi connectivity index (χ1v) is 6.69. The van der Waals surface area contributed by atoms with Crippen molar-refractivity contribution in [2.24, 2.45) is 0 Å². The molecule has 1 aromatic carbocycles. The van der Waals surface area contributed by atoms with E-state index in [1.54, 1.807) is 0 Å². The number of amides is 1. The summed E-state index contributed by atoms with van der Waals surface area (Å²) in [5.74, 6) is 1.20. The Hall–Kier alpha value is -2.21. The molecule has 0 radical (unpaired) electrons. The van der Waals surface area contributed by atoms with Gasteiger partial charge in [-0.3, -0.25) is 4.79 Å². The van der Waals surface area contributed by atoms with Crippen molar-refractivity contribution >= 4 is 5.91 Å². The topological polar surface area (TPSA) is 80.1 Å². The van der Waals surface area contributed by atoms with Gasteiger partial charge in [0.2, 0.25) is 17.7 Å². The standard InChI is InChI=1S/C14H16N4O2/c19-12-7-6-11(8-16-12)15-9-13-17-18-14(20-13)10-4-2-1-3-5-10/h1-5,11,15H,6-9H2,(H,16,19). The molecule has 1 saturated heterocycles. The van der Waals surface area contributed by atoms with E-state index in [9.17, 15) is 4.79 Å². The van der Waals surface area contributed by atoms with Gasteiger partial charge in [-0.05, 0) is 18.6 Å². The molecule has 104 valence electrons. The lowest BCUT2D eigenvalue weighted by Gasteiger charge is -2.22. The third kappa shape index (κ3) is 3.03. The van der Waals surface area contributed by atoms with Gasteiger partial charge in [0.25, 0.3) is 0 Å². The van der Waals surface area contributed by atoms with E-state index in [0.717, 1.165) is 12.0 Å². The first-order chi connectivity index (χ1) is 9.81. The molecule has 1 amide bonds. The smallest absolute Gasteiger partial charge is 0.247 e. The number of nitrogens with one attached hydrogen (secondary N) is 2. The molecule has 1 aliphatic rings. The van der Waals surface area contributed by atoms with Crippen LogP contribution in [0.5, 0.6) is 0 Å². The van der Waals surface area contributed by atoms with Crippen molar-refractivity contribution in [3.63, 3.8) is 0 Å². The monoisotopic (exact) mass is 272 g/mol. The van der Waals surface area contributed by atoms with E-state index in [2.05, 4.69) is 20.8 Å². The maximum Gasteiger partial charge on any atom is 0.247 e. The highest BCUT2D eigenvalue weighted by Crippen LogP contribution is 2.16. The molecule has 1 unspecified atom stereocenters. The van der Waals surface area contributed by atoms with E-state index in [4.69, 9.17) is 4.42 Å². The van der Waals surface area contributed by atoms with Crippen molar-refractivity contribution in [1.29, 1.82) is 0 Å². The van der Waals surface area contributed by atoms with Crippen molar-refractivity contribution in [2.75, 3.05) is 6.54 Å². The van der Waals surface area contributed by atoms with Gasteiger partial charge >= 0.3 is 0 Å². The number of aromatic nitrogens is 2. The number of carbonyl (C=O) groups is 1. The molecule has 2 heterocycles. The zero-order chi connectivity index (χ0) is 13.8. The van der Waals surface area contributed by atoms with Gasteiger partial charge in [0.15, 0.2) is 0 Å². The second-order valence-corrected chi connectivity index (χ2v) is 4.79. The highest BCUT2D eigenvalue weighted by Gasteiger charge is 2.18. The first kappa shape index (κ1) is 12.8. The predicted octanol–water partition coefficient (Wildman–Crippen LogP) is 1.10. The van der Waals surface area contributed by atoms with Gasteiger partial charge in [0, 0.05) is 24.6 Å². The average Bonchev–Trinajstić information content (AvgIpc) is 2.97. The van der Waals surface area contributed by atoms with Crippen LogP contribution in [0.4, 0.5) is 0 Å². The molecule has 6 nitrogen and oxygen atoms in total. The minimum absolute atomic E-state index is 0.118. The highest BCUT2D eigenvalue weighted by atomic mass is 16.4. The van der Waals surface area contributed by atoms with Crippen LogP contribution in [0.3, 0.4) is 0 Å². The fourth-order valence-corrected chi connectivity index (χ4v) is 2.16. The number of nitrogens with zero attached hydrogens (tertiary/aromatic N) is 2. The molecule has 0 saturated carbocycles. The van der Waals surface area contributed by atoms with Gasteiger partial charge < -0.3 is 15.1 Å². The first-order valence-electron chi connectivity index (χ1n) is 6.69. The molecule has 0 spiro atoms. The Morgan fingerprint density at radius 2 is 2.15 bits per heavy atom. The minimum atomic E-state index is 0.118. The van der Waals surface area contributed by atoms with Gasteiger partial charge in [-0.1, -0.05) is 18.2 Å². The Kier molecular flexibility index (Phi) is 3.73. The predicted molar refractivity (Wildman–Crippen MR) is 72.6 cm³/mol. The van der Waals surface area contributed by atoms with Crippen molar-refractivity contribution < 1.29 is 9.21 Å². The van der Waals surface area contributed by atoms with E-state index in [1.807, 2.05) is 30.3 Å². The molecule has 20 heavy (non-hydrogen) atoms. The Morgan fingerprint density at radius 3 is 2.90 bits per heavy atom. The normalized spacial score (nSPS) is 18.8. The van der Waals surface area contributed by atoms with Crippen LogP contribution in [0.15, 0.2) is 34.7 Å². The van der Waals surface area contributed by atoms with Crippen LogP contribution >= 0.6 is 0 Å². The zero-order valence-corrected chi connectivity index (χ0v) is 11.0. The summed E-state index contributed by atoms with van der Waals surface area (Å²) in [5.41, 5.74) is 0.913.